The van der Waals surface area contributed by atoms with Gasteiger partial charge in [0.1, 0.15) is 11.9 Å². The highest BCUT2D eigenvalue weighted by molar-refractivity contribution is 6.30. The zero-order valence-electron chi connectivity index (χ0n) is 29.5. The zero-order chi connectivity index (χ0) is 36.6. The number of carbonyl (C=O) groups is 3. The first-order chi connectivity index (χ1) is 25.7. The van der Waals surface area contributed by atoms with Gasteiger partial charge in [0, 0.05) is 51.8 Å². The van der Waals surface area contributed by atoms with Crippen molar-refractivity contribution < 1.29 is 19.5 Å². The number of imidazole rings is 1. The molecule has 53 heavy (non-hydrogen) atoms. The third-order valence-electron chi connectivity index (χ3n) is 10.6. The maximum Gasteiger partial charge on any atom is 0.325 e. The van der Waals surface area contributed by atoms with Gasteiger partial charge < -0.3 is 19.9 Å². The van der Waals surface area contributed by atoms with E-state index < -0.39 is 17.9 Å². The molecule has 268 valence electrons. The van der Waals surface area contributed by atoms with Gasteiger partial charge in [0.05, 0.1) is 22.2 Å². The minimum absolute atomic E-state index is 0.0419. The minimum atomic E-state index is -1.09. The fourth-order valence-corrected chi connectivity index (χ4v) is 7.91. The van der Waals surface area contributed by atoms with E-state index in [9.17, 15) is 19.5 Å². The summed E-state index contributed by atoms with van der Waals surface area (Å²) >= 11 is 6.24. The first-order valence-electron chi connectivity index (χ1n) is 18.4. The van der Waals surface area contributed by atoms with Gasteiger partial charge in [-0.25, -0.2) is 9.97 Å². The second-order valence-electron chi connectivity index (χ2n) is 14.2. The standard InChI is InChI=1S/C43H40ClN5O4/c1-26(43(52)53)45-41(50)30-14-20-39-38(25-30)47-40(49(39)33-7-3-2-4-8-33)29-13-18-36-28(23-29)12-19-37(46-36)35-24-31(42(51)48-21-5-6-22-48)11-17-34(35)27-9-15-32(44)16-10-27/h9-20,23-26,33H,2-8,21-22H2,1H3,(H,45,50)(H,52,53). The predicted octanol–water partition coefficient (Wildman–Crippen LogP) is 9.18. The van der Waals surface area contributed by atoms with Crippen LogP contribution in [0.3, 0.4) is 0 Å². The topological polar surface area (TPSA) is 117 Å². The summed E-state index contributed by atoms with van der Waals surface area (Å²) < 4.78 is 2.32. The minimum Gasteiger partial charge on any atom is -0.480 e. The first-order valence-corrected chi connectivity index (χ1v) is 18.8. The molecule has 1 aliphatic heterocycles. The normalized spacial score (nSPS) is 15.5. The smallest absolute Gasteiger partial charge is 0.325 e. The molecule has 2 amide bonds. The van der Waals surface area contributed by atoms with Crippen molar-refractivity contribution in [2.45, 2.75) is 64.0 Å². The van der Waals surface area contributed by atoms with Crippen molar-refractivity contribution in [1.82, 2.24) is 24.8 Å². The fraction of sp³-hybridized carbons (Fsp3) is 0.279. The third-order valence-corrected chi connectivity index (χ3v) is 10.9. The van der Waals surface area contributed by atoms with Crippen LogP contribution in [0.15, 0.2) is 91.0 Å². The molecule has 10 heteroatoms. The largest absolute Gasteiger partial charge is 0.480 e. The third kappa shape index (κ3) is 6.89. The number of carboxylic acids is 1. The van der Waals surface area contributed by atoms with E-state index in [4.69, 9.17) is 21.6 Å². The van der Waals surface area contributed by atoms with Crippen molar-refractivity contribution in [3.8, 4) is 33.8 Å². The molecule has 0 radical (unpaired) electrons. The van der Waals surface area contributed by atoms with Crippen LogP contribution in [0.25, 0.3) is 55.7 Å². The maximum absolute atomic E-state index is 13.5. The number of benzene rings is 4. The Kier molecular flexibility index (Phi) is 9.43. The molecule has 3 heterocycles. The Balaban J connectivity index is 1.19. The number of pyridine rings is 1. The number of likely N-dealkylation sites (tertiary alicyclic amines) is 1. The molecule has 0 spiro atoms. The van der Waals surface area contributed by atoms with E-state index in [2.05, 4.69) is 28.1 Å². The second-order valence-corrected chi connectivity index (χ2v) is 14.6. The van der Waals surface area contributed by atoms with E-state index in [1.165, 1.54) is 13.3 Å². The summed E-state index contributed by atoms with van der Waals surface area (Å²) in [6.45, 7) is 3.00. The van der Waals surface area contributed by atoms with Gasteiger partial charge >= 0.3 is 5.97 Å². The first kappa shape index (κ1) is 34.5. The van der Waals surface area contributed by atoms with Crippen LogP contribution in [0.1, 0.15) is 78.6 Å². The number of rotatable bonds is 8. The van der Waals surface area contributed by atoms with Crippen LogP contribution in [-0.4, -0.2) is 61.5 Å². The number of halogens is 1. The van der Waals surface area contributed by atoms with Crippen LogP contribution in [0.2, 0.25) is 5.02 Å². The van der Waals surface area contributed by atoms with Crippen LogP contribution >= 0.6 is 11.6 Å². The fourth-order valence-electron chi connectivity index (χ4n) is 7.78. The van der Waals surface area contributed by atoms with Gasteiger partial charge in [-0.15, -0.1) is 0 Å². The lowest BCUT2D eigenvalue weighted by atomic mass is 9.94. The maximum atomic E-state index is 13.5. The number of hydrogen-bond acceptors (Lipinski definition) is 5. The Morgan fingerprint density at radius 1 is 0.755 bits per heavy atom. The molecule has 2 aliphatic rings. The molecule has 0 bridgehead atoms. The number of carboxylic acid groups (broad SMARTS) is 1. The monoisotopic (exact) mass is 725 g/mol. The molecule has 6 aromatic rings. The highest BCUT2D eigenvalue weighted by atomic mass is 35.5. The van der Waals surface area contributed by atoms with Gasteiger partial charge in [-0.1, -0.05) is 55.1 Å². The summed E-state index contributed by atoms with van der Waals surface area (Å²) in [6, 6.07) is 28.6. The average Bonchev–Trinajstić information content (AvgIpc) is 3.86. The summed E-state index contributed by atoms with van der Waals surface area (Å²) in [5.74, 6) is -0.676. The van der Waals surface area contributed by atoms with Crippen molar-refractivity contribution in [2.75, 3.05) is 13.1 Å². The lowest BCUT2D eigenvalue weighted by Gasteiger charge is -2.25. The van der Waals surface area contributed by atoms with E-state index in [0.717, 1.165) is 102 Å². The molecule has 1 saturated heterocycles. The average molecular weight is 726 g/mol. The van der Waals surface area contributed by atoms with Gasteiger partial charge in [-0.2, -0.15) is 0 Å². The highest BCUT2D eigenvalue weighted by Crippen LogP contribution is 2.38. The Morgan fingerprint density at radius 3 is 2.25 bits per heavy atom. The molecule has 8 rings (SSSR count). The molecule has 2 N–H and O–H groups in total. The number of nitrogens with one attached hydrogen (secondary N) is 1. The van der Waals surface area contributed by atoms with Crippen LogP contribution in [0, 0.1) is 0 Å². The molecular weight excluding hydrogens is 686 g/mol. The van der Waals surface area contributed by atoms with E-state index >= 15 is 0 Å². The van der Waals surface area contributed by atoms with Gasteiger partial charge in [0.25, 0.3) is 11.8 Å². The molecule has 1 atom stereocenters. The number of carbonyl (C=O) groups excluding carboxylic acids is 2. The van der Waals surface area contributed by atoms with Gasteiger partial charge in [0.15, 0.2) is 0 Å². The number of nitrogens with zero attached hydrogens (tertiary/aromatic N) is 4. The van der Waals surface area contributed by atoms with Crippen LogP contribution in [-0.2, 0) is 4.79 Å². The summed E-state index contributed by atoms with van der Waals surface area (Å²) in [4.78, 5) is 49.9. The van der Waals surface area contributed by atoms with Crippen LogP contribution in [0.5, 0.6) is 0 Å². The number of amides is 2. The predicted molar refractivity (Wildman–Crippen MR) is 208 cm³/mol. The van der Waals surface area contributed by atoms with Crippen LogP contribution < -0.4 is 5.32 Å². The van der Waals surface area contributed by atoms with Gasteiger partial charge in [-0.3, -0.25) is 14.4 Å². The molecule has 2 aromatic heterocycles. The Bertz CT molecular complexity index is 2380. The molecule has 2 fully saturated rings. The van der Waals surface area contributed by atoms with Crippen molar-refractivity contribution in [1.29, 1.82) is 0 Å². The number of aliphatic carboxylic acids is 1. The van der Waals surface area contributed by atoms with E-state index in [-0.39, 0.29) is 11.9 Å². The summed E-state index contributed by atoms with van der Waals surface area (Å²) in [5, 5.41) is 13.4. The van der Waals surface area contributed by atoms with Crippen molar-refractivity contribution in [2.24, 2.45) is 0 Å². The van der Waals surface area contributed by atoms with E-state index in [0.29, 0.717) is 21.7 Å². The second kappa shape index (κ2) is 14.5. The van der Waals surface area contributed by atoms with E-state index in [1.807, 2.05) is 65.6 Å². The quantitative estimate of drug-likeness (QED) is 0.162. The van der Waals surface area contributed by atoms with Crippen molar-refractivity contribution >= 4 is 51.3 Å². The number of fused-ring (bicyclic) bond motifs is 2. The van der Waals surface area contributed by atoms with E-state index in [1.54, 1.807) is 12.1 Å². The van der Waals surface area contributed by atoms with Gasteiger partial charge in [-0.05, 0) is 110 Å². The van der Waals surface area contributed by atoms with Gasteiger partial charge in [0.2, 0.25) is 0 Å². The summed E-state index contributed by atoms with van der Waals surface area (Å²) in [6.07, 6.45) is 7.64. The molecule has 4 aromatic carbocycles. The summed E-state index contributed by atoms with van der Waals surface area (Å²) in [5.41, 5.74) is 8.00. The number of hydrogen-bond donors (Lipinski definition) is 2. The zero-order valence-corrected chi connectivity index (χ0v) is 30.3. The molecule has 9 nitrogen and oxygen atoms in total. The van der Waals surface area contributed by atoms with Crippen LogP contribution in [0.4, 0.5) is 0 Å². The summed E-state index contributed by atoms with van der Waals surface area (Å²) in [7, 11) is 0. The lowest BCUT2D eigenvalue weighted by Crippen LogP contribution is -2.38. The number of aromatic nitrogens is 3. The SMILES string of the molecule is CC(NC(=O)c1ccc2c(c1)nc(-c1ccc3nc(-c4cc(C(=O)N5CCCC5)ccc4-c4ccc(Cl)cc4)ccc3c1)n2C1CCCCC1)C(=O)O. The lowest BCUT2D eigenvalue weighted by molar-refractivity contribution is -0.138. The molecular formula is C43H40ClN5O4. The Hall–Kier alpha value is -5.54. The highest BCUT2D eigenvalue weighted by Gasteiger charge is 2.25. The molecule has 1 aliphatic carbocycles. The Labute approximate surface area is 312 Å². The van der Waals surface area contributed by atoms with Crippen molar-refractivity contribution in [3.05, 3.63) is 107 Å². The molecule has 1 saturated carbocycles. The van der Waals surface area contributed by atoms with Crippen molar-refractivity contribution in [3.63, 3.8) is 0 Å². The Morgan fingerprint density at radius 2 is 1.49 bits per heavy atom. The molecule has 1 unspecified atom stereocenters.